The monoisotopic (exact) mass is 246 g/mol. The number of hydrogen-bond donors (Lipinski definition) is 1. The lowest BCUT2D eigenvalue weighted by Gasteiger charge is -2.19. The maximum absolute atomic E-state index is 11.9. The summed E-state index contributed by atoms with van der Waals surface area (Å²) in [5.74, 6) is 0. The van der Waals surface area contributed by atoms with Gasteiger partial charge in [0.25, 0.3) is 5.56 Å². The van der Waals surface area contributed by atoms with Crippen LogP contribution in [-0.4, -0.2) is 16.3 Å². The molecule has 0 bridgehead atoms. The van der Waals surface area contributed by atoms with Gasteiger partial charge in [0.2, 0.25) is 0 Å². The van der Waals surface area contributed by atoms with E-state index >= 15 is 0 Å². The molecule has 0 fully saturated rings. The molecule has 5 heteroatoms. The number of hydrogen-bond acceptors (Lipinski definition) is 4. The summed E-state index contributed by atoms with van der Waals surface area (Å²) in [6.45, 7) is 5.14. The molecular formula is C13H18N4O. The minimum absolute atomic E-state index is 0.100. The van der Waals surface area contributed by atoms with Gasteiger partial charge in [-0.1, -0.05) is 0 Å². The molecule has 0 amide bonds. The SMILES string of the molecule is CC(C)(C#N)CCn1nc2c(cc1=O)NCCC2. The molecule has 0 spiro atoms. The quantitative estimate of drug-likeness (QED) is 0.878. The van der Waals surface area contributed by atoms with Gasteiger partial charge in [-0.3, -0.25) is 4.79 Å². The highest BCUT2D eigenvalue weighted by molar-refractivity contribution is 5.48. The van der Waals surface area contributed by atoms with Crippen LogP contribution in [0.5, 0.6) is 0 Å². The van der Waals surface area contributed by atoms with E-state index in [1.54, 1.807) is 6.07 Å². The summed E-state index contributed by atoms with van der Waals surface area (Å²) < 4.78 is 1.48. The molecule has 0 atom stereocenters. The van der Waals surface area contributed by atoms with Gasteiger partial charge in [-0.2, -0.15) is 10.4 Å². The topological polar surface area (TPSA) is 70.7 Å². The molecule has 5 nitrogen and oxygen atoms in total. The van der Waals surface area contributed by atoms with Crippen LogP contribution >= 0.6 is 0 Å². The number of anilines is 1. The Kier molecular flexibility index (Phi) is 3.37. The van der Waals surface area contributed by atoms with Gasteiger partial charge >= 0.3 is 0 Å². The highest BCUT2D eigenvalue weighted by atomic mass is 16.1. The van der Waals surface area contributed by atoms with Gasteiger partial charge < -0.3 is 5.32 Å². The molecule has 1 aromatic heterocycles. The molecule has 0 radical (unpaired) electrons. The molecule has 0 unspecified atom stereocenters. The Morgan fingerprint density at radius 1 is 1.61 bits per heavy atom. The molecule has 1 aliphatic heterocycles. The van der Waals surface area contributed by atoms with E-state index in [-0.39, 0.29) is 5.56 Å². The van der Waals surface area contributed by atoms with E-state index in [0.29, 0.717) is 13.0 Å². The van der Waals surface area contributed by atoms with Gasteiger partial charge in [-0.05, 0) is 33.1 Å². The van der Waals surface area contributed by atoms with E-state index in [0.717, 1.165) is 30.8 Å². The summed E-state index contributed by atoms with van der Waals surface area (Å²) in [6, 6.07) is 3.85. The van der Waals surface area contributed by atoms with Crippen molar-refractivity contribution in [3.8, 4) is 6.07 Å². The van der Waals surface area contributed by atoms with Crippen LogP contribution < -0.4 is 10.9 Å². The Hall–Kier alpha value is -1.83. The zero-order chi connectivity index (χ0) is 13.2. The molecule has 0 aliphatic carbocycles. The number of nitriles is 1. The van der Waals surface area contributed by atoms with E-state index in [1.807, 2.05) is 13.8 Å². The predicted octanol–water partition coefficient (Wildman–Crippen LogP) is 1.54. The Morgan fingerprint density at radius 2 is 2.39 bits per heavy atom. The minimum atomic E-state index is -0.421. The smallest absolute Gasteiger partial charge is 0.268 e. The van der Waals surface area contributed by atoms with Gasteiger partial charge in [-0.25, -0.2) is 4.68 Å². The Morgan fingerprint density at radius 3 is 3.11 bits per heavy atom. The number of aryl methyl sites for hydroxylation is 2. The first-order chi connectivity index (χ1) is 8.52. The van der Waals surface area contributed by atoms with Crippen molar-refractivity contribution in [2.24, 2.45) is 5.41 Å². The van der Waals surface area contributed by atoms with E-state index < -0.39 is 5.41 Å². The fourth-order valence-corrected chi connectivity index (χ4v) is 1.95. The summed E-state index contributed by atoms with van der Waals surface area (Å²) in [5.41, 5.74) is 1.30. The molecular weight excluding hydrogens is 228 g/mol. The van der Waals surface area contributed by atoms with Crippen LogP contribution in [0.1, 0.15) is 32.4 Å². The summed E-state index contributed by atoms with van der Waals surface area (Å²) in [7, 11) is 0. The van der Waals surface area contributed by atoms with Crippen LogP contribution in [0.4, 0.5) is 5.69 Å². The predicted molar refractivity (Wildman–Crippen MR) is 69.3 cm³/mol. The molecule has 1 N–H and O–H groups in total. The third-order valence-corrected chi connectivity index (χ3v) is 3.23. The number of rotatable bonds is 3. The lowest BCUT2D eigenvalue weighted by atomic mass is 9.91. The fourth-order valence-electron chi connectivity index (χ4n) is 1.95. The van der Waals surface area contributed by atoms with Crippen molar-refractivity contribution in [3.05, 3.63) is 22.1 Å². The first-order valence-corrected chi connectivity index (χ1v) is 6.28. The van der Waals surface area contributed by atoms with Crippen LogP contribution in [0.3, 0.4) is 0 Å². The average molecular weight is 246 g/mol. The Bertz CT molecular complexity index is 539. The number of nitrogens with zero attached hydrogens (tertiary/aromatic N) is 3. The number of nitrogens with one attached hydrogen (secondary N) is 1. The van der Waals surface area contributed by atoms with Crippen LogP contribution in [0, 0.1) is 16.7 Å². The summed E-state index contributed by atoms with van der Waals surface area (Å²) in [6.07, 6.45) is 2.58. The van der Waals surface area contributed by atoms with Crippen molar-refractivity contribution in [2.75, 3.05) is 11.9 Å². The maximum Gasteiger partial charge on any atom is 0.268 e. The van der Waals surface area contributed by atoms with Gasteiger partial charge in [0.15, 0.2) is 0 Å². The van der Waals surface area contributed by atoms with Gasteiger partial charge in [0, 0.05) is 19.2 Å². The lowest BCUT2D eigenvalue weighted by molar-refractivity contribution is 0.389. The lowest BCUT2D eigenvalue weighted by Crippen LogP contribution is -2.28. The van der Waals surface area contributed by atoms with Gasteiger partial charge in [0.05, 0.1) is 22.9 Å². The summed E-state index contributed by atoms with van der Waals surface area (Å²) in [4.78, 5) is 11.9. The Labute approximate surface area is 106 Å². The first-order valence-electron chi connectivity index (χ1n) is 6.28. The molecule has 2 heterocycles. The summed E-state index contributed by atoms with van der Waals surface area (Å²) >= 11 is 0. The average Bonchev–Trinajstić information content (AvgIpc) is 2.36. The minimum Gasteiger partial charge on any atom is -0.383 e. The van der Waals surface area contributed by atoms with Gasteiger partial charge in [-0.15, -0.1) is 0 Å². The second kappa shape index (κ2) is 4.81. The normalized spacial score (nSPS) is 14.5. The maximum atomic E-state index is 11.9. The number of fused-ring (bicyclic) bond motifs is 1. The molecule has 1 aromatic rings. The second-order valence-corrected chi connectivity index (χ2v) is 5.34. The van der Waals surface area contributed by atoms with Crippen molar-refractivity contribution in [2.45, 2.75) is 39.7 Å². The third kappa shape index (κ3) is 2.70. The molecule has 2 rings (SSSR count). The van der Waals surface area contributed by atoms with Crippen molar-refractivity contribution in [1.82, 2.24) is 9.78 Å². The molecule has 0 saturated carbocycles. The zero-order valence-corrected chi connectivity index (χ0v) is 10.9. The standard InChI is InChI=1S/C13H18N4O/c1-13(2,9-14)5-7-17-12(18)8-11-10(16-17)4-3-6-15-11/h8,15H,3-7H2,1-2H3. The molecule has 1 aliphatic rings. The van der Waals surface area contributed by atoms with Crippen molar-refractivity contribution >= 4 is 5.69 Å². The highest BCUT2D eigenvalue weighted by Crippen LogP contribution is 2.20. The molecule has 0 aromatic carbocycles. The number of aromatic nitrogens is 2. The third-order valence-electron chi connectivity index (χ3n) is 3.23. The van der Waals surface area contributed by atoms with E-state index in [9.17, 15) is 4.79 Å². The molecule has 0 saturated heterocycles. The van der Waals surface area contributed by atoms with Crippen molar-refractivity contribution in [1.29, 1.82) is 5.26 Å². The molecule has 96 valence electrons. The van der Waals surface area contributed by atoms with Crippen molar-refractivity contribution in [3.63, 3.8) is 0 Å². The van der Waals surface area contributed by atoms with Crippen LogP contribution in [0.2, 0.25) is 0 Å². The fraction of sp³-hybridized carbons (Fsp3) is 0.615. The first kappa shape index (κ1) is 12.6. The highest BCUT2D eigenvalue weighted by Gasteiger charge is 2.18. The van der Waals surface area contributed by atoms with Crippen molar-refractivity contribution < 1.29 is 0 Å². The van der Waals surface area contributed by atoms with E-state index in [1.165, 1.54) is 4.68 Å². The van der Waals surface area contributed by atoms with Crippen LogP contribution in [0.15, 0.2) is 10.9 Å². The van der Waals surface area contributed by atoms with E-state index in [4.69, 9.17) is 5.26 Å². The zero-order valence-electron chi connectivity index (χ0n) is 10.9. The van der Waals surface area contributed by atoms with Crippen LogP contribution in [-0.2, 0) is 13.0 Å². The van der Waals surface area contributed by atoms with E-state index in [2.05, 4.69) is 16.5 Å². The largest absolute Gasteiger partial charge is 0.383 e. The molecule has 18 heavy (non-hydrogen) atoms. The van der Waals surface area contributed by atoms with Crippen LogP contribution in [0.25, 0.3) is 0 Å². The van der Waals surface area contributed by atoms with Gasteiger partial charge in [0.1, 0.15) is 0 Å². The summed E-state index contributed by atoms with van der Waals surface area (Å²) in [5, 5.41) is 16.5. The Balaban J connectivity index is 2.19. The second-order valence-electron chi connectivity index (χ2n) is 5.34.